The topological polar surface area (TPSA) is 50.5 Å². The van der Waals surface area contributed by atoms with Crippen LogP contribution in [0.25, 0.3) is 0 Å². The lowest BCUT2D eigenvalue weighted by Crippen LogP contribution is -2.32. The van der Waals surface area contributed by atoms with Crippen LogP contribution in [0.4, 0.5) is 5.69 Å². The molecule has 0 saturated heterocycles. The quantitative estimate of drug-likeness (QED) is 0.581. The Kier molecular flexibility index (Phi) is 6.44. The van der Waals surface area contributed by atoms with Crippen molar-refractivity contribution in [3.05, 3.63) is 59.7 Å². The van der Waals surface area contributed by atoms with E-state index in [2.05, 4.69) is 42.5 Å². The molecule has 0 saturated carbocycles. The Morgan fingerprint density at radius 3 is 2.48 bits per heavy atom. The second-order valence-corrected chi connectivity index (χ2v) is 5.95. The van der Waals surface area contributed by atoms with Gasteiger partial charge in [0.25, 0.3) is 0 Å². The summed E-state index contributed by atoms with van der Waals surface area (Å²) in [5.74, 6) is 0.890. The first-order valence-corrected chi connectivity index (χ1v) is 7.95. The van der Waals surface area contributed by atoms with E-state index in [0.717, 1.165) is 30.9 Å². The summed E-state index contributed by atoms with van der Waals surface area (Å²) in [6.07, 6.45) is 0.980. The van der Waals surface area contributed by atoms with E-state index in [1.54, 1.807) is 7.11 Å². The Morgan fingerprint density at radius 1 is 1.13 bits per heavy atom. The molecule has 0 radical (unpaired) electrons. The number of nitrogens with one attached hydrogen (secondary N) is 1. The average Bonchev–Trinajstić information content (AvgIpc) is 2.55. The fourth-order valence-corrected chi connectivity index (χ4v) is 2.64. The Morgan fingerprint density at radius 2 is 1.87 bits per heavy atom. The van der Waals surface area contributed by atoms with Crippen LogP contribution in [0.1, 0.15) is 17.2 Å². The SMILES string of the molecule is COc1ccc(C(CNCCc2cccc(N)c2)N(C)C)cc1. The summed E-state index contributed by atoms with van der Waals surface area (Å²) in [5, 5.41) is 3.55. The van der Waals surface area contributed by atoms with Gasteiger partial charge in [-0.3, -0.25) is 0 Å². The number of likely N-dealkylation sites (N-methyl/N-ethyl adjacent to an activating group) is 1. The normalized spacial score (nSPS) is 12.3. The highest BCUT2D eigenvalue weighted by Gasteiger charge is 2.13. The van der Waals surface area contributed by atoms with E-state index in [-0.39, 0.29) is 0 Å². The molecule has 23 heavy (non-hydrogen) atoms. The summed E-state index contributed by atoms with van der Waals surface area (Å²) >= 11 is 0. The smallest absolute Gasteiger partial charge is 0.118 e. The summed E-state index contributed by atoms with van der Waals surface area (Å²) < 4.78 is 5.23. The standard InChI is InChI=1S/C19H27N3O/c1-22(2)19(16-7-9-18(23-3)10-8-16)14-21-12-11-15-5-4-6-17(20)13-15/h4-10,13,19,21H,11-12,14,20H2,1-3H3. The second kappa shape index (κ2) is 8.56. The van der Waals surface area contributed by atoms with Gasteiger partial charge in [-0.1, -0.05) is 24.3 Å². The molecule has 0 amide bonds. The first-order valence-electron chi connectivity index (χ1n) is 7.95. The van der Waals surface area contributed by atoms with Gasteiger partial charge >= 0.3 is 0 Å². The highest BCUT2D eigenvalue weighted by molar-refractivity contribution is 5.40. The van der Waals surface area contributed by atoms with Crippen LogP contribution in [0.15, 0.2) is 48.5 Å². The molecule has 0 heterocycles. The summed E-state index contributed by atoms with van der Waals surface area (Å²) in [7, 11) is 5.90. The largest absolute Gasteiger partial charge is 0.497 e. The molecule has 2 aromatic carbocycles. The van der Waals surface area contributed by atoms with E-state index in [4.69, 9.17) is 10.5 Å². The van der Waals surface area contributed by atoms with E-state index in [0.29, 0.717) is 6.04 Å². The van der Waals surface area contributed by atoms with Crippen molar-refractivity contribution in [2.75, 3.05) is 40.0 Å². The van der Waals surface area contributed by atoms with Gasteiger partial charge in [0.15, 0.2) is 0 Å². The van der Waals surface area contributed by atoms with Gasteiger partial charge in [-0.15, -0.1) is 0 Å². The Labute approximate surface area is 139 Å². The van der Waals surface area contributed by atoms with Crippen LogP contribution in [-0.2, 0) is 6.42 Å². The number of benzene rings is 2. The van der Waals surface area contributed by atoms with Gasteiger partial charge < -0.3 is 20.7 Å². The minimum Gasteiger partial charge on any atom is -0.497 e. The van der Waals surface area contributed by atoms with Gasteiger partial charge in [0.2, 0.25) is 0 Å². The summed E-state index contributed by atoms with van der Waals surface area (Å²) in [6, 6.07) is 16.7. The molecule has 0 aromatic heterocycles. The lowest BCUT2D eigenvalue weighted by atomic mass is 10.1. The number of nitrogens with two attached hydrogens (primary N) is 1. The third kappa shape index (κ3) is 5.27. The maximum atomic E-state index is 5.81. The lowest BCUT2D eigenvalue weighted by molar-refractivity contribution is 0.289. The van der Waals surface area contributed by atoms with Crippen molar-refractivity contribution in [3.63, 3.8) is 0 Å². The van der Waals surface area contributed by atoms with E-state index in [1.165, 1.54) is 11.1 Å². The fourth-order valence-electron chi connectivity index (χ4n) is 2.64. The Hall–Kier alpha value is -2.04. The molecule has 1 unspecified atom stereocenters. The molecule has 3 N–H and O–H groups in total. The van der Waals surface area contributed by atoms with Crippen molar-refractivity contribution in [3.8, 4) is 5.75 Å². The van der Waals surface area contributed by atoms with Crippen LogP contribution in [-0.4, -0.2) is 39.2 Å². The molecule has 0 aliphatic carbocycles. The molecule has 4 heteroatoms. The number of hydrogen-bond acceptors (Lipinski definition) is 4. The van der Waals surface area contributed by atoms with Crippen molar-refractivity contribution < 1.29 is 4.74 Å². The van der Waals surface area contributed by atoms with Crippen LogP contribution >= 0.6 is 0 Å². The van der Waals surface area contributed by atoms with Gasteiger partial charge in [0, 0.05) is 18.3 Å². The van der Waals surface area contributed by atoms with Crippen molar-refractivity contribution in [2.45, 2.75) is 12.5 Å². The van der Waals surface area contributed by atoms with Crippen LogP contribution in [0, 0.1) is 0 Å². The molecular formula is C19H27N3O. The van der Waals surface area contributed by atoms with Gasteiger partial charge in [0.1, 0.15) is 5.75 Å². The zero-order chi connectivity index (χ0) is 16.7. The predicted molar refractivity (Wildman–Crippen MR) is 96.9 cm³/mol. The van der Waals surface area contributed by atoms with Crippen molar-refractivity contribution in [1.29, 1.82) is 0 Å². The first-order chi connectivity index (χ1) is 11.1. The number of nitrogens with zero attached hydrogens (tertiary/aromatic N) is 1. The van der Waals surface area contributed by atoms with Gasteiger partial charge in [-0.2, -0.15) is 0 Å². The van der Waals surface area contributed by atoms with E-state index in [1.807, 2.05) is 30.3 Å². The van der Waals surface area contributed by atoms with Gasteiger partial charge in [-0.05, 0) is 62.5 Å². The van der Waals surface area contributed by atoms with Crippen molar-refractivity contribution in [1.82, 2.24) is 10.2 Å². The molecule has 4 nitrogen and oxygen atoms in total. The van der Waals surface area contributed by atoms with Crippen LogP contribution < -0.4 is 15.8 Å². The van der Waals surface area contributed by atoms with Crippen LogP contribution in [0.3, 0.4) is 0 Å². The summed E-state index contributed by atoms with van der Waals surface area (Å²) in [5.41, 5.74) is 9.19. The Bertz CT molecular complexity index is 596. The minimum atomic E-state index is 0.335. The first kappa shape index (κ1) is 17.3. The van der Waals surface area contributed by atoms with E-state index < -0.39 is 0 Å². The molecular weight excluding hydrogens is 286 g/mol. The number of methoxy groups -OCH3 is 1. The van der Waals surface area contributed by atoms with Gasteiger partial charge in [-0.25, -0.2) is 0 Å². The maximum Gasteiger partial charge on any atom is 0.118 e. The molecule has 0 fully saturated rings. The monoisotopic (exact) mass is 313 g/mol. The van der Waals surface area contributed by atoms with Crippen LogP contribution in [0.5, 0.6) is 5.75 Å². The molecule has 0 bridgehead atoms. The number of nitrogen functional groups attached to an aromatic ring is 1. The zero-order valence-corrected chi connectivity index (χ0v) is 14.3. The second-order valence-electron chi connectivity index (χ2n) is 5.95. The average molecular weight is 313 g/mol. The van der Waals surface area contributed by atoms with E-state index >= 15 is 0 Å². The Balaban J connectivity index is 1.87. The summed E-state index contributed by atoms with van der Waals surface area (Å²) in [4.78, 5) is 2.23. The third-order valence-electron chi connectivity index (χ3n) is 4.00. The van der Waals surface area contributed by atoms with E-state index in [9.17, 15) is 0 Å². The van der Waals surface area contributed by atoms with Crippen molar-refractivity contribution >= 4 is 5.69 Å². The predicted octanol–water partition coefficient (Wildman–Crippen LogP) is 2.71. The molecule has 1 atom stereocenters. The molecule has 0 aliphatic rings. The fraction of sp³-hybridized carbons (Fsp3) is 0.368. The molecule has 2 rings (SSSR count). The van der Waals surface area contributed by atoms with Crippen molar-refractivity contribution in [2.24, 2.45) is 0 Å². The number of anilines is 1. The maximum absolute atomic E-state index is 5.81. The molecule has 124 valence electrons. The zero-order valence-electron chi connectivity index (χ0n) is 14.3. The number of ether oxygens (including phenoxy) is 1. The minimum absolute atomic E-state index is 0.335. The van der Waals surface area contributed by atoms with Crippen LogP contribution in [0.2, 0.25) is 0 Å². The van der Waals surface area contributed by atoms with Gasteiger partial charge in [0.05, 0.1) is 7.11 Å². The molecule has 2 aromatic rings. The molecule has 0 aliphatic heterocycles. The number of rotatable bonds is 8. The highest BCUT2D eigenvalue weighted by atomic mass is 16.5. The third-order valence-corrected chi connectivity index (χ3v) is 4.00. The molecule has 0 spiro atoms. The number of hydrogen-bond donors (Lipinski definition) is 2. The lowest BCUT2D eigenvalue weighted by Gasteiger charge is -2.25. The summed E-state index contributed by atoms with van der Waals surface area (Å²) in [6.45, 7) is 1.84. The highest BCUT2D eigenvalue weighted by Crippen LogP contribution is 2.20.